The van der Waals surface area contributed by atoms with Gasteiger partial charge < -0.3 is 9.15 Å². The normalized spacial score (nSPS) is 11.0. The zero-order valence-corrected chi connectivity index (χ0v) is 14.4. The Morgan fingerprint density at radius 3 is 2.46 bits per heavy atom. The average molecular weight is 322 g/mol. The van der Waals surface area contributed by atoms with Gasteiger partial charge in [-0.05, 0) is 43.5 Å². The molecule has 3 heteroatoms. The Morgan fingerprint density at radius 2 is 1.75 bits per heavy atom. The van der Waals surface area contributed by atoms with Crippen molar-refractivity contribution in [3.8, 4) is 5.75 Å². The summed E-state index contributed by atoms with van der Waals surface area (Å²) in [7, 11) is 0. The summed E-state index contributed by atoms with van der Waals surface area (Å²) in [6.07, 6.45) is 1.52. The summed E-state index contributed by atoms with van der Waals surface area (Å²) in [6.45, 7) is 6.65. The Morgan fingerprint density at radius 1 is 1.00 bits per heavy atom. The number of ether oxygens (including phenoxy) is 1. The fourth-order valence-electron chi connectivity index (χ4n) is 2.94. The molecule has 0 unspecified atom stereocenters. The number of aryl methyl sites for hydroxylation is 2. The van der Waals surface area contributed by atoms with Gasteiger partial charge in [0.25, 0.3) is 0 Å². The summed E-state index contributed by atoms with van der Waals surface area (Å²) < 4.78 is 11.4. The van der Waals surface area contributed by atoms with Crippen molar-refractivity contribution in [3.63, 3.8) is 0 Å². The van der Waals surface area contributed by atoms with Crippen molar-refractivity contribution < 1.29 is 9.15 Å². The molecular formula is C21H22O3. The maximum atomic E-state index is 12.5. The summed E-state index contributed by atoms with van der Waals surface area (Å²) >= 11 is 0. The predicted octanol–water partition coefficient (Wildman–Crippen LogP) is 4.79. The molecule has 1 aromatic heterocycles. The second-order valence-corrected chi connectivity index (χ2v) is 6.07. The topological polar surface area (TPSA) is 39.4 Å². The second kappa shape index (κ2) is 6.91. The van der Waals surface area contributed by atoms with Gasteiger partial charge in [0.15, 0.2) is 0 Å². The minimum absolute atomic E-state index is 0.264. The molecule has 0 fully saturated rings. The van der Waals surface area contributed by atoms with Crippen LogP contribution < -0.4 is 10.4 Å². The highest BCUT2D eigenvalue weighted by atomic mass is 16.5. The largest absolute Gasteiger partial charge is 0.493 e. The number of hydrogen-bond donors (Lipinski definition) is 0. The molecule has 0 atom stereocenters. The van der Waals surface area contributed by atoms with Crippen LogP contribution in [0.4, 0.5) is 0 Å². The van der Waals surface area contributed by atoms with Gasteiger partial charge in [-0.15, -0.1) is 0 Å². The first-order valence-electron chi connectivity index (χ1n) is 8.34. The lowest BCUT2D eigenvalue weighted by atomic mass is 9.98. The van der Waals surface area contributed by atoms with Crippen molar-refractivity contribution in [2.24, 2.45) is 0 Å². The molecule has 1 heterocycles. The highest BCUT2D eigenvalue weighted by molar-refractivity contribution is 5.85. The van der Waals surface area contributed by atoms with E-state index in [0.29, 0.717) is 18.6 Å². The highest BCUT2D eigenvalue weighted by Crippen LogP contribution is 2.30. The lowest BCUT2D eigenvalue weighted by Gasteiger charge is -2.13. The molecule has 0 saturated heterocycles. The molecule has 2 aromatic carbocycles. The third-order valence-electron chi connectivity index (χ3n) is 4.34. The molecule has 0 aliphatic carbocycles. The molecule has 0 saturated carbocycles. The molecule has 24 heavy (non-hydrogen) atoms. The van der Waals surface area contributed by atoms with Crippen LogP contribution >= 0.6 is 0 Å². The van der Waals surface area contributed by atoms with E-state index in [-0.39, 0.29) is 5.63 Å². The van der Waals surface area contributed by atoms with E-state index in [2.05, 4.69) is 6.92 Å². The van der Waals surface area contributed by atoms with Crippen LogP contribution in [0.1, 0.15) is 35.6 Å². The molecule has 0 radical (unpaired) electrons. The summed E-state index contributed by atoms with van der Waals surface area (Å²) in [5, 5.41) is 0.974. The van der Waals surface area contributed by atoms with Gasteiger partial charge in [-0.3, -0.25) is 0 Å². The van der Waals surface area contributed by atoms with E-state index in [1.54, 1.807) is 0 Å². The first-order chi connectivity index (χ1) is 11.6. The SMILES string of the molecule is CCCOc1ccc2c(C)c(Cc3ccccc3)c(=O)oc2c1C. The van der Waals surface area contributed by atoms with Crippen molar-refractivity contribution >= 4 is 11.0 Å². The van der Waals surface area contributed by atoms with Gasteiger partial charge in [0.1, 0.15) is 11.3 Å². The second-order valence-electron chi connectivity index (χ2n) is 6.07. The van der Waals surface area contributed by atoms with Gasteiger partial charge in [-0.2, -0.15) is 0 Å². The number of fused-ring (bicyclic) bond motifs is 1. The van der Waals surface area contributed by atoms with Crippen molar-refractivity contribution in [1.82, 2.24) is 0 Å². The minimum atomic E-state index is -0.264. The smallest absolute Gasteiger partial charge is 0.340 e. The number of rotatable bonds is 5. The first kappa shape index (κ1) is 16.3. The van der Waals surface area contributed by atoms with Crippen LogP contribution in [0.5, 0.6) is 5.75 Å². The number of hydrogen-bond acceptors (Lipinski definition) is 3. The zero-order valence-electron chi connectivity index (χ0n) is 14.4. The van der Waals surface area contributed by atoms with Crippen LogP contribution in [0.25, 0.3) is 11.0 Å². The van der Waals surface area contributed by atoms with Crippen LogP contribution in [-0.2, 0) is 6.42 Å². The van der Waals surface area contributed by atoms with Crippen LogP contribution in [0.3, 0.4) is 0 Å². The van der Waals surface area contributed by atoms with E-state index >= 15 is 0 Å². The summed E-state index contributed by atoms with van der Waals surface area (Å²) in [4.78, 5) is 12.5. The van der Waals surface area contributed by atoms with E-state index in [1.807, 2.05) is 56.3 Å². The van der Waals surface area contributed by atoms with Crippen molar-refractivity contribution in [1.29, 1.82) is 0 Å². The lowest BCUT2D eigenvalue weighted by molar-refractivity contribution is 0.315. The van der Waals surface area contributed by atoms with Crippen LogP contribution in [0.15, 0.2) is 51.7 Å². The Balaban J connectivity index is 2.09. The van der Waals surface area contributed by atoms with Crippen LogP contribution in [0.2, 0.25) is 0 Å². The Labute approximate surface area is 141 Å². The molecule has 124 valence electrons. The standard InChI is InChI=1S/C21H22O3/c1-4-12-23-19-11-10-17-14(2)18(13-16-8-6-5-7-9-16)21(22)24-20(17)15(19)3/h5-11H,4,12-13H2,1-3H3. The van der Waals surface area contributed by atoms with Gasteiger partial charge in [0, 0.05) is 22.9 Å². The number of benzene rings is 2. The summed E-state index contributed by atoms with van der Waals surface area (Å²) in [5.41, 5.74) is 4.05. The van der Waals surface area contributed by atoms with E-state index in [1.165, 1.54) is 0 Å². The molecule has 3 nitrogen and oxygen atoms in total. The van der Waals surface area contributed by atoms with Gasteiger partial charge >= 0.3 is 5.63 Å². The quantitative estimate of drug-likeness (QED) is 0.634. The molecule has 3 aromatic rings. The monoisotopic (exact) mass is 322 g/mol. The molecule has 0 spiro atoms. The fraction of sp³-hybridized carbons (Fsp3) is 0.286. The van der Waals surface area contributed by atoms with Gasteiger partial charge in [0.2, 0.25) is 0 Å². The molecule has 0 N–H and O–H groups in total. The summed E-state index contributed by atoms with van der Waals surface area (Å²) in [5.74, 6) is 0.780. The van der Waals surface area contributed by atoms with Crippen LogP contribution in [0, 0.1) is 13.8 Å². The maximum absolute atomic E-state index is 12.5. The van der Waals surface area contributed by atoms with Gasteiger partial charge in [-0.1, -0.05) is 37.3 Å². The molecule has 0 bridgehead atoms. The lowest BCUT2D eigenvalue weighted by Crippen LogP contribution is -2.11. The molecular weight excluding hydrogens is 300 g/mol. The maximum Gasteiger partial charge on any atom is 0.340 e. The van der Waals surface area contributed by atoms with Gasteiger partial charge in [-0.25, -0.2) is 4.79 Å². The minimum Gasteiger partial charge on any atom is -0.493 e. The zero-order chi connectivity index (χ0) is 17.1. The van der Waals surface area contributed by atoms with E-state index in [4.69, 9.17) is 9.15 Å². The predicted molar refractivity (Wildman–Crippen MR) is 97.0 cm³/mol. The van der Waals surface area contributed by atoms with E-state index < -0.39 is 0 Å². The van der Waals surface area contributed by atoms with Crippen LogP contribution in [-0.4, -0.2) is 6.61 Å². The van der Waals surface area contributed by atoms with Gasteiger partial charge in [0.05, 0.1) is 6.61 Å². The third-order valence-corrected chi connectivity index (χ3v) is 4.34. The van der Waals surface area contributed by atoms with E-state index in [9.17, 15) is 4.79 Å². The molecule has 0 aliphatic heterocycles. The molecule has 3 rings (SSSR count). The first-order valence-corrected chi connectivity index (χ1v) is 8.34. The average Bonchev–Trinajstić information content (AvgIpc) is 2.59. The molecule has 0 aliphatic rings. The van der Waals surface area contributed by atoms with Crippen molar-refractivity contribution in [2.75, 3.05) is 6.61 Å². The van der Waals surface area contributed by atoms with Crippen molar-refractivity contribution in [3.05, 3.63) is 75.1 Å². The Kier molecular flexibility index (Phi) is 4.70. The fourth-order valence-corrected chi connectivity index (χ4v) is 2.94. The van der Waals surface area contributed by atoms with E-state index in [0.717, 1.165) is 39.8 Å². The summed E-state index contributed by atoms with van der Waals surface area (Å²) in [6, 6.07) is 13.9. The van der Waals surface area contributed by atoms with Crippen molar-refractivity contribution in [2.45, 2.75) is 33.6 Å². The third kappa shape index (κ3) is 3.07. The Bertz CT molecular complexity index is 908. The Hall–Kier alpha value is -2.55. The highest BCUT2D eigenvalue weighted by Gasteiger charge is 2.15. The molecule has 0 amide bonds.